The van der Waals surface area contributed by atoms with E-state index in [1.54, 1.807) is 18.4 Å². The summed E-state index contributed by atoms with van der Waals surface area (Å²) in [6.45, 7) is 5.74. The number of furan rings is 1. The lowest BCUT2D eigenvalue weighted by atomic mass is 10.0. The fraction of sp³-hybridized carbons (Fsp3) is 0.273. The molecule has 0 fully saturated rings. The van der Waals surface area contributed by atoms with E-state index in [2.05, 4.69) is 5.32 Å². The van der Waals surface area contributed by atoms with Crippen LogP contribution < -0.4 is 5.32 Å². The molecule has 0 unspecified atom stereocenters. The Labute approximate surface area is 162 Å². The predicted octanol–water partition coefficient (Wildman–Crippen LogP) is 3.98. The smallest absolute Gasteiger partial charge is 0.311 e. The molecule has 0 saturated heterocycles. The maximum Gasteiger partial charge on any atom is 0.311 e. The molecule has 1 heterocycles. The van der Waals surface area contributed by atoms with Crippen molar-refractivity contribution < 1.29 is 23.1 Å². The van der Waals surface area contributed by atoms with Gasteiger partial charge in [-0.3, -0.25) is 9.59 Å². The van der Waals surface area contributed by atoms with Crippen LogP contribution in [0.25, 0.3) is 11.0 Å². The highest BCUT2D eigenvalue weighted by molar-refractivity contribution is 5.88. The molecule has 0 radical (unpaired) electrons. The van der Waals surface area contributed by atoms with Crippen LogP contribution in [0.5, 0.6) is 0 Å². The van der Waals surface area contributed by atoms with E-state index in [0.29, 0.717) is 0 Å². The molecule has 146 valence electrons. The highest BCUT2D eigenvalue weighted by Gasteiger charge is 2.19. The number of carbonyl (C=O) groups excluding carboxylic acids is 2. The largest absolute Gasteiger partial charge is 0.464 e. The van der Waals surface area contributed by atoms with Gasteiger partial charge in [-0.25, -0.2) is 4.39 Å². The third-order valence-electron chi connectivity index (χ3n) is 4.66. The van der Waals surface area contributed by atoms with Gasteiger partial charge in [0.25, 0.3) is 5.91 Å². The average molecular weight is 383 g/mol. The minimum absolute atomic E-state index is 0.0189. The second-order valence-corrected chi connectivity index (χ2v) is 6.85. The molecule has 0 aliphatic heterocycles. The number of ether oxygens (including phenoxy) is 1. The van der Waals surface area contributed by atoms with Crippen molar-refractivity contribution in [2.24, 2.45) is 0 Å². The number of fused-ring (bicyclic) bond motifs is 1. The zero-order chi connectivity index (χ0) is 20.3. The van der Waals surface area contributed by atoms with Crippen LogP contribution in [0.15, 0.2) is 47.1 Å². The van der Waals surface area contributed by atoms with Crippen molar-refractivity contribution in [1.82, 2.24) is 5.32 Å². The molecule has 28 heavy (non-hydrogen) atoms. The maximum absolute atomic E-state index is 12.9. The minimum atomic E-state index is -0.935. The Morgan fingerprint density at radius 2 is 1.82 bits per heavy atom. The zero-order valence-electron chi connectivity index (χ0n) is 16.0. The van der Waals surface area contributed by atoms with Gasteiger partial charge in [-0.15, -0.1) is 0 Å². The Bertz CT molecular complexity index is 1010. The summed E-state index contributed by atoms with van der Waals surface area (Å²) in [5.74, 6) is -1.26. The van der Waals surface area contributed by atoms with Crippen LogP contribution in [-0.2, 0) is 27.3 Å². The molecule has 3 rings (SSSR count). The highest BCUT2D eigenvalue weighted by Crippen LogP contribution is 2.25. The van der Waals surface area contributed by atoms with E-state index in [4.69, 9.17) is 9.15 Å². The van der Waals surface area contributed by atoms with Crippen LogP contribution in [0, 0.1) is 19.7 Å². The quantitative estimate of drug-likeness (QED) is 0.654. The first-order valence-corrected chi connectivity index (χ1v) is 9.02. The van der Waals surface area contributed by atoms with Crippen molar-refractivity contribution in [3.8, 4) is 0 Å². The van der Waals surface area contributed by atoms with Crippen LogP contribution in [0.3, 0.4) is 0 Å². The molecule has 1 amide bonds. The van der Waals surface area contributed by atoms with Crippen molar-refractivity contribution in [3.63, 3.8) is 0 Å². The third kappa shape index (κ3) is 4.57. The first-order valence-electron chi connectivity index (χ1n) is 9.02. The molecule has 0 bridgehead atoms. The number of rotatable bonds is 6. The Kier molecular flexibility index (Phi) is 5.78. The average Bonchev–Trinajstić information content (AvgIpc) is 3.02. The van der Waals surface area contributed by atoms with E-state index in [9.17, 15) is 14.0 Å². The molecule has 1 atom stereocenters. The summed E-state index contributed by atoms with van der Waals surface area (Å²) in [5, 5.41) is 3.54. The van der Waals surface area contributed by atoms with E-state index in [0.717, 1.165) is 33.2 Å². The number of benzene rings is 2. The molecule has 0 aliphatic carbocycles. The highest BCUT2D eigenvalue weighted by atomic mass is 19.1. The van der Waals surface area contributed by atoms with E-state index >= 15 is 0 Å². The topological polar surface area (TPSA) is 68.5 Å². The van der Waals surface area contributed by atoms with Crippen LogP contribution in [0.2, 0.25) is 0 Å². The summed E-state index contributed by atoms with van der Waals surface area (Å²) in [7, 11) is 0. The van der Waals surface area contributed by atoms with Gasteiger partial charge in [0, 0.05) is 17.5 Å². The molecule has 0 aliphatic rings. The van der Waals surface area contributed by atoms with Crippen molar-refractivity contribution in [2.45, 2.75) is 39.8 Å². The molecule has 6 heteroatoms. The van der Waals surface area contributed by atoms with Crippen molar-refractivity contribution in [1.29, 1.82) is 0 Å². The Morgan fingerprint density at radius 1 is 1.14 bits per heavy atom. The molecule has 0 spiro atoms. The van der Waals surface area contributed by atoms with Gasteiger partial charge >= 0.3 is 5.97 Å². The Morgan fingerprint density at radius 3 is 2.54 bits per heavy atom. The summed E-state index contributed by atoms with van der Waals surface area (Å²) < 4.78 is 23.7. The minimum Gasteiger partial charge on any atom is -0.464 e. The standard InChI is InChI=1S/C22H22FNO4/c1-13-8-19-17(12-27-20(19)9-14(13)2)10-21(25)28-15(3)22(26)24-11-16-4-6-18(23)7-5-16/h4-9,12,15H,10-11H2,1-3H3,(H,24,26)/t15-/m0/s1. The van der Waals surface area contributed by atoms with Gasteiger partial charge < -0.3 is 14.5 Å². The summed E-state index contributed by atoms with van der Waals surface area (Å²) in [6.07, 6.45) is 0.630. The lowest BCUT2D eigenvalue weighted by molar-refractivity contribution is -0.154. The first kappa shape index (κ1) is 19.6. The van der Waals surface area contributed by atoms with Gasteiger partial charge in [-0.05, 0) is 61.7 Å². The Balaban J connectivity index is 1.56. The number of aryl methyl sites for hydroxylation is 2. The Hall–Kier alpha value is -3.15. The number of hydrogen-bond donors (Lipinski definition) is 1. The van der Waals surface area contributed by atoms with Crippen LogP contribution in [0.1, 0.15) is 29.2 Å². The number of esters is 1. The van der Waals surface area contributed by atoms with Gasteiger partial charge in [-0.2, -0.15) is 0 Å². The summed E-state index contributed by atoms with van der Waals surface area (Å²) in [5.41, 5.74) is 4.42. The van der Waals surface area contributed by atoms with Gasteiger partial charge in [-0.1, -0.05) is 12.1 Å². The van der Waals surface area contributed by atoms with Crippen molar-refractivity contribution in [3.05, 3.63) is 70.7 Å². The van der Waals surface area contributed by atoms with Gasteiger partial charge in [0.2, 0.25) is 0 Å². The van der Waals surface area contributed by atoms with Crippen LogP contribution in [0.4, 0.5) is 4.39 Å². The van der Waals surface area contributed by atoms with E-state index in [1.807, 2.05) is 26.0 Å². The van der Waals surface area contributed by atoms with Crippen molar-refractivity contribution in [2.75, 3.05) is 0 Å². The first-order chi connectivity index (χ1) is 13.3. The molecule has 2 aromatic carbocycles. The fourth-order valence-corrected chi connectivity index (χ4v) is 2.86. The van der Waals surface area contributed by atoms with Gasteiger partial charge in [0.05, 0.1) is 12.7 Å². The zero-order valence-corrected chi connectivity index (χ0v) is 16.0. The molecule has 1 aromatic heterocycles. The fourth-order valence-electron chi connectivity index (χ4n) is 2.86. The third-order valence-corrected chi connectivity index (χ3v) is 4.66. The monoisotopic (exact) mass is 383 g/mol. The molecule has 3 aromatic rings. The maximum atomic E-state index is 12.9. The summed E-state index contributed by atoms with van der Waals surface area (Å²) in [4.78, 5) is 24.4. The van der Waals surface area contributed by atoms with Gasteiger partial charge in [0.15, 0.2) is 6.10 Å². The molecular weight excluding hydrogens is 361 g/mol. The second kappa shape index (κ2) is 8.25. The predicted molar refractivity (Wildman–Crippen MR) is 103 cm³/mol. The number of halogens is 1. The lowest BCUT2D eigenvalue weighted by Gasteiger charge is -2.13. The van der Waals surface area contributed by atoms with Gasteiger partial charge in [0.1, 0.15) is 11.4 Å². The number of hydrogen-bond acceptors (Lipinski definition) is 4. The van der Waals surface area contributed by atoms with E-state index in [1.165, 1.54) is 19.1 Å². The second-order valence-electron chi connectivity index (χ2n) is 6.85. The number of carbonyl (C=O) groups is 2. The molecular formula is C22H22FNO4. The van der Waals surface area contributed by atoms with E-state index < -0.39 is 18.0 Å². The number of nitrogens with one attached hydrogen (secondary N) is 1. The van der Waals surface area contributed by atoms with E-state index in [-0.39, 0.29) is 18.8 Å². The van der Waals surface area contributed by atoms with Crippen molar-refractivity contribution >= 4 is 22.8 Å². The van der Waals surface area contributed by atoms with Crippen LogP contribution >= 0.6 is 0 Å². The lowest BCUT2D eigenvalue weighted by Crippen LogP contribution is -2.35. The normalized spacial score (nSPS) is 12.0. The summed E-state index contributed by atoms with van der Waals surface area (Å²) >= 11 is 0. The molecule has 0 saturated carbocycles. The van der Waals surface area contributed by atoms with Crippen LogP contribution in [-0.4, -0.2) is 18.0 Å². The summed E-state index contributed by atoms with van der Waals surface area (Å²) in [6, 6.07) is 9.73. The SMILES string of the molecule is Cc1cc2occ(CC(=O)O[C@@H](C)C(=O)NCc3ccc(F)cc3)c2cc1C. The molecule has 5 nitrogen and oxygen atoms in total. The molecule has 1 N–H and O–H groups in total. The number of amides is 1.